The molecule has 20 heavy (non-hydrogen) atoms. The van der Waals surface area contributed by atoms with Crippen molar-refractivity contribution in [3.8, 4) is 0 Å². The second-order valence-corrected chi connectivity index (χ2v) is 6.62. The van der Waals surface area contributed by atoms with Gasteiger partial charge in [-0.15, -0.1) is 0 Å². The van der Waals surface area contributed by atoms with Gasteiger partial charge in [-0.3, -0.25) is 0 Å². The molecule has 1 saturated heterocycles. The minimum atomic E-state index is -0.0272. The number of rotatable bonds is 6. The number of carbonyl (C=O) groups excluding carboxylic acids is 1. The smallest absolute Gasteiger partial charge is 0.314 e. The summed E-state index contributed by atoms with van der Waals surface area (Å²) in [6.07, 6.45) is 6.03. The minimum absolute atomic E-state index is 0.0272. The third-order valence-corrected chi connectivity index (χ3v) is 4.76. The summed E-state index contributed by atoms with van der Waals surface area (Å²) in [5, 5.41) is 6.04. The Labute approximate surface area is 122 Å². The summed E-state index contributed by atoms with van der Waals surface area (Å²) in [6.45, 7) is 4.54. The number of urea groups is 1. The van der Waals surface area contributed by atoms with Gasteiger partial charge in [-0.2, -0.15) is 0 Å². The van der Waals surface area contributed by atoms with Crippen LogP contribution < -0.4 is 10.6 Å². The van der Waals surface area contributed by atoms with Crippen molar-refractivity contribution in [1.82, 2.24) is 15.5 Å². The molecule has 1 saturated carbocycles. The minimum Gasteiger partial charge on any atom is -0.384 e. The van der Waals surface area contributed by atoms with Crippen LogP contribution in [0.25, 0.3) is 0 Å². The number of nitrogens with zero attached hydrogens (tertiary/aromatic N) is 1. The van der Waals surface area contributed by atoms with Crippen molar-refractivity contribution >= 4 is 6.03 Å². The summed E-state index contributed by atoms with van der Waals surface area (Å²) in [5.41, 5.74) is 0.192. The van der Waals surface area contributed by atoms with Gasteiger partial charge in [0, 0.05) is 32.2 Å². The van der Waals surface area contributed by atoms with Gasteiger partial charge < -0.3 is 20.3 Å². The standard InChI is InChI=1S/C15H29N3O2/c1-18-8-3-5-13(10-18)9-16-14(19)17-11-15(12-20-2)6-4-7-15/h13H,3-12H2,1-2H3,(H2,16,17,19)/t13-/m0/s1. The molecule has 2 N–H and O–H groups in total. The summed E-state index contributed by atoms with van der Waals surface area (Å²) in [5.74, 6) is 0.594. The van der Waals surface area contributed by atoms with Crippen LogP contribution in [0.5, 0.6) is 0 Å². The monoisotopic (exact) mass is 283 g/mol. The molecule has 1 aliphatic heterocycles. The van der Waals surface area contributed by atoms with Gasteiger partial charge in [0.05, 0.1) is 6.61 Å². The summed E-state index contributed by atoms with van der Waals surface area (Å²) in [6, 6.07) is -0.0272. The Hall–Kier alpha value is -0.810. The molecule has 2 amide bonds. The second-order valence-electron chi connectivity index (χ2n) is 6.62. The number of nitrogens with one attached hydrogen (secondary N) is 2. The molecule has 5 nitrogen and oxygen atoms in total. The van der Waals surface area contributed by atoms with E-state index in [1.54, 1.807) is 7.11 Å². The van der Waals surface area contributed by atoms with Crippen LogP contribution in [0.15, 0.2) is 0 Å². The topological polar surface area (TPSA) is 53.6 Å². The highest BCUT2D eigenvalue weighted by molar-refractivity contribution is 5.73. The maximum absolute atomic E-state index is 11.9. The van der Waals surface area contributed by atoms with E-state index >= 15 is 0 Å². The normalized spacial score (nSPS) is 25.8. The van der Waals surface area contributed by atoms with Crippen LogP contribution in [-0.4, -0.2) is 57.9 Å². The molecule has 0 aromatic heterocycles. The Kier molecular flexibility index (Phi) is 5.66. The molecule has 1 atom stereocenters. The zero-order chi connectivity index (χ0) is 14.4. The summed E-state index contributed by atoms with van der Waals surface area (Å²) < 4.78 is 5.27. The predicted octanol–water partition coefficient (Wildman–Crippen LogP) is 1.44. The molecule has 5 heteroatoms. The third-order valence-electron chi connectivity index (χ3n) is 4.76. The lowest BCUT2D eigenvalue weighted by molar-refractivity contribution is 0.0200. The van der Waals surface area contributed by atoms with Crippen molar-refractivity contribution in [2.45, 2.75) is 32.1 Å². The maximum Gasteiger partial charge on any atom is 0.314 e. The van der Waals surface area contributed by atoms with Crippen LogP contribution in [0.3, 0.4) is 0 Å². The fraction of sp³-hybridized carbons (Fsp3) is 0.933. The number of likely N-dealkylation sites (tertiary alicyclic amines) is 1. The van der Waals surface area contributed by atoms with E-state index in [4.69, 9.17) is 4.74 Å². The maximum atomic E-state index is 11.9. The third kappa shape index (κ3) is 4.35. The summed E-state index contributed by atoms with van der Waals surface area (Å²) in [4.78, 5) is 14.2. The van der Waals surface area contributed by atoms with Gasteiger partial charge in [0.2, 0.25) is 0 Å². The molecule has 2 fully saturated rings. The van der Waals surface area contributed by atoms with Gasteiger partial charge in [0.25, 0.3) is 0 Å². The molecule has 1 heterocycles. The first-order valence-electron chi connectivity index (χ1n) is 7.83. The van der Waals surface area contributed by atoms with Crippen molar-refractivity contribution in [1.29, 1.82) is 0 Å². The molecule has 0 aromatic rings. The lowest BCUT2D eigenvalue weighted by Crippen LogP contribution is -2.49. The quantitative estimate of drug-likeness (QED) is 0.775. The fourth-order valence-electron chi connectivity index (χ4n) is 3.36. The number of ether oxygens (including phenoxy) is 1. The van der Waals surface area contributed by atoms with Crippen LogP contribution in [0.4, 0.5) is 4.79 Å². The van der Waals surface area contributed by atoms with E-state index in [0.29, 0.717) is 5.92 Å². The largest absolute Gasteiger partial charge is 0.384 e. The van der Waals surface area contributed by atoms with Gasteiger partial charge in [-0.05, 0) is 45.2 Å². The van der Waals surface area contributed by atoms with Crippen LogP contribution in [0.2, 0.25) is 0 Å². The number of hydrogen-bond acceptors (Lipinski definition) is 3. The molecule has 116 valence electrons. The number of piperidine rings is 1. The highest BCUT2D eigenvalue weighted by Crippen LogP contribution is 2.40. The number of hydrogen-bond donors (Lipinski definition) is 2. The number of carbonyl (C=O) groups is 1. The highest BCUT2D eigenvalue weighted by atomic mass is 16.5. The van der Waals surface area contributed by atoms with E-state index in [-0.39, 0.29) is 11.4 Å². The van der Waals surface area contributed by atoms with Crippen LogP contribution in [0, 0.1) is 11.3 Å². The number of amides is 2. The molecule has 0 bridgehead atoms. The van der Waals surface area contributed by atoms with Crippen molar-refractivity contribution in [2.24, 2.45) is 11.3 Å². The van der Waals surface area contributed by atoms with Gasteiger partial charge in [-0.25, -0.2) is 4.79 Å². The first-order valence-corrected chi connectivity index (χ1v) is 7.83. The van der Waals surface area contributed by atoms with E-state index in [2.05, 4.69) is 22.6 Å². The Morgan fingerprint density at radius 3 is 2.75 bits per heavy atom. The molecule has 0 unspecified atom stereocenters. The Balaban J connectivity index is 1.62. The van der Waals surface area contributed by atoms with Crippen LogP contribution in [0.1, 0.15) is 32.1 Å². The first kappa shape index (κ1) is 15.6. The Morgan fingerprint density at radius 2 is 2.15 bits per heavy atom. The zero-order valence-corrected chi connectivity index (χ0v) is 12.9. The van der Waals surface area contributed by atoms with Crippen LogP contribution in [-0.2, 0) is 4.74 Å². The van der Waals surface area contributed by atoms with Crippen molar-refractivity contribution in [2.75, 3.05) is 46.9 Å². The van der Waals surface area contributed by atoms with Crippen molar-refractivity contribution in [3.05, 3.63) is 0 Å². The first-order chi connectivity index (χ1) is 9.63. The lowest BCUT2D eigenvalue weighted by Gasteiger charge is -2.41. The molecular weight excluding hydrogens is 254 g/mol. The van der Waals surface area contributed by atoms with E-state index < -0.39 is 0 Å². The van der Waals surface area contributed by atoms with E-state index in [9.17, 15) is 4.79 Å². The molecule has 0 aromatic carbocycles. The average molecular weight is 283 g/mol. The molecule has 0 radical (unpaired) electrons. The lowest BCUT2D eigenvalue weighted by atomic mass is 9.69. The van der Waals surface area contributed by atoms with Crippen LogP contribution >= 0.6 is 0 Å². The highest BCUT2D eigenvalue weighted by Gasteiger charge is 2.37. The number of methoxy groups -OCH3 is 1. The molecule has 1 aliphatic carbocycles. The van der Waals surface area contributed by atoms with E-state index in [1.807, 2.05) is 0 Å². The molecule has 0 spiro atoms. The fourth-order valence-corrected chi connectivity index (χ4v) is 3.36. The van der Waals surface area contributed by atoms with Crippen molar-refractivity contribution in [3.63, 3.8) is 0 Å². The van der Waals surface area contributed by atoms with Crippen molar-refractivity contribution < 1.29 is 9.53 Å². The molecule has 2 rings (SSSR count). The van der Waals surface area contributed by atoms with Gasteiger partial charge in [0.15, 0.2) is 0 Å². The van der Waals surface area contributed by atoms with Gasteiger partial charge in [0.1, 0.15) is 0 Å². The molecular formula is C15H29N3O2. The van der Waals surface area contributed by atoms with Gasteiger partial charge in [-0.1, -0.05) is 6.42 Å². The Bertz CT molecular complexity index is 318. The average Bonchev–Trinajstić information content (AvgIpc) is 2.39. The summed E-state index contributed by atoms with van der Waals surface area (Å²) in [7, 11) is 3.89. The summed E-state index contributed by atoms with van der Waals surface area (Å²) >= 11 is 0. The molecule has 2 aliphatic rings. The van der Waals surface area contributed by atoms with Gasteiger partial charge >= 0.3 is 6.03 Å². The Morgan fingerprint density at radius 1 is 1.35 bits per heavy atom. The SMILES string of the molecule is COCC1(CNC(=O)NC[C@@H]2CCCN(C)C2)CCC1. The van der Waals surface area contributed by atoms with E-state index in [1.165, 1.54) is 25.8 Å². The predicted molar refractivity (Wildman–Crippen MR) is 79.8 cm³/mol. The second kappa shape index (κ2) is 7.27. The van der Waals surface area contributed by atoms with E-state index in [0.717, 1.165) is 39.1 Å². The zero-order valence-electron chi connectivity index (χ0n) is 12.9.